The van der Waals surface area contributed by atoms with E-state index in [0.29, 0.717) is 17.7 Å². The van der Waals surface area contributed by atoms with Gasteiger partial charge in [0.15, 0.2) is 0 Å². The van der Waals surface area contributed by atoms with E-state index < -0.39 is 15.8 Å². The fraction of sp³-hybridized carbons (Fsp3) is 0.400. The molecule has 0 saturated carbocycles. The van der Waals surface area contributed by atoms with Crippen molar-refractivity contribution in [2.75, 3.05) is 10.5 Å². The molecule has 0 atom stereocenters. The highest BCUT2D eigenvalue weighted by atomic mass is 32.2. The maximum Gasteiger partial charge on any atom is 0.232 e. The highest BCUT2D eigenvalue weighted by molar-refractivity contribution is 7.92. The van der Waals surface area contributed by atoms with Crippen molar-refractivity contribution in [3.63, 3.8) is 0 Å². The zero-order valence-electron chi connectivity index (χ0n) is 8.75. The molecule has 1 N–H and O–H groups in total. The van der Waals surface area contributed by atoms with Crippen molar-refractivity contribution in [1.29, 1.82) is 0 Å². The van der Waals surface area contributed by atoms with Crippen LogP contribution in [-0.4, -0.2) is 14.2 Å². The molecule has 0 aliphatic rings. The molecule has 0 fully saturated rings. The molecule has 1 rings (SSSR count). The van der Waals surface area contributed by atoms with Crippen molar-refractivity contribution in [2.24, 2.45) is 0 Å². The molecule has 0 radical (unpaired) electrons. The minimum atomic E-state index is -3.34. The zero-order valence-corrected chi connectivity index (χ0v) is 9.57. The number of rotatable bonds is 4. The standard InChI is InChI=1S/C10H14FNO2S/c1-3-7-15(13,14)12-10-6-4-5-9(11)8(10)2/h4-6,12H,3,7H2,1-2H3. The van der Waals surface area contributed by atoms with Crippen LogP contribution in [-0.2, 0) is 10.0 Å². The van der Waals surface area contributed by atoms with Crippen LogP contribution in [0.25, 0.3) is 0 Å². The Morgan fingerprint density at radius 3 is 2.67 bits per heavy atom. The molecule has 0 bridgehead atoms. The Morgan fingerprint density at radius 2 is 2.07 bits per heavy atom. The first kappa shape index (κ1) is 12.0. The first-order valence-corrected chi connectivity index (χ1v) is 6.37. The van der Waals surface area contributed by atoms with Crippen LogP contribution in [0.15, 0.2) is 18.2 Å². The Bertz CT molecular complexity index is 443. The van der Waals surface area contributed by atoms with Gasteiger partial charge >= 0.3 is 0 Å². The van der Waals surface area contributed by atoms with Crippen molar-refractivity contribution < 1.29 is 12.8 Å². The number of benzene rings is 1. The number of anilines is 1. The lowest BCUT2D eigenvalue weighted by atomic mass is 10.2. The average Bonchev–Trinajstić information content (AvgIpc) is 2.12. The largest absolute Gasteiger partial charge is 0.283 e. The van der Waals surface area contributed by atoms with E-state index in [1.165, 1.54) is 12.1 Å². The van der Waals surface area contributed by atoms with E-state index in [0.717, 1.165) is 0 Å². The van der Waals surface area contributed by atoms with Crippen molar-refractivity contribution in [1.82, 2.24) is 0 Å². The molecule has 84 valence electrons. The Hall–Kier alpha value is -1.10. The van der Waals surface area contributed by atoms with E-state index in [-0.39, 0.29) is 5.75 Å². The number of sulfonamides is 1. The Balaban J connectivity index is 2.95. The summed E-state index contributed by atoms with van der Waals surface area (Å²) in [7, 11) is -3.34. The average molecular weight is 231 g/mol. The van der Waals surface area contributed by atoms with Crippen molar-refractivity contribution in [3.05, 3.63) is 29.6 Å². The maximum absolute atomic E-state index is 13.1. The highest BCUT2D eigenvalue weighted by Gasteiger charge is 2.11. The second-order valence-electron chi connectivity index (χ2n) is 3.33. The Kier molecular flexibility index (Phi) is 3.68. The number of halogens is 1. The summed E-state index contributed by atoms with van der Waals surface area (Å²) in [5, 5.41) is 0. The number of nitrogens with one attached hydrogen (secondary N) is 1. The van der Waals surface area contributed by atoms with Crippen LogP contribution in [0, 0.1) is 12.7 Å². The first-order valence-electron chi connectivity index (χ1n) is 4.72. The first-order chi connectivity index (χ1) is 6.96. The van der Waals surface area contributed by atoms with Crippen LogP contribution in [0.2, 0.25) is 0 Å². The van der Waals surface area contributed by atoms with E-state index in [9.17, 15) is 12.8 Å². The third-order valence-corrected chi connectivity index (χ3v) is 3.48. The van der Waals surface area contributed by atoms with Gasteiger partial charge in [-0.2, -0.15) is 0 Å². The smallest absolute Gasteiger partial charge is 0.232 e. The van der Waals surface area contributed by atoms with Gasteiger partial charge in [-0.25, -0.2) is 12.8 Å². The molecule has 0 aliphatic carbocycles. The molecule has 0 aliphatic heterocycles. The summed E-state index contributed by atoms with van der Waals surface area (Å²) < 4.78 is 38.3. The molecule has 0 spiro atoms. The van der Waals surface area contributed by atoms with Gasteiger partial charge in [-0.15, -0.1) is 0 Å². The SMILES string of the molecule is CCCS(=O)(=O)Nc1cccc(F)c1C. The second kappa shape index (κ2) is 4.61. The van der Waals surface area contributed by atoms with Crippen LogP contribution < -0.4 is 4.72 Å². The maximum atomic E-state index is 13.1. The summed E-state index contributed by atoms with van der Waals surface area (Å²) in [6.07, 6.45) is 0.531. The molecule has 5 heteroatoms. The third kappa shape index (κ3) is 3.20. The summed E-state index contributed by atoms with van der Waals surface area (Å²) in [6, 6.07) is 4.32. The molecule has 0 saturated heterocycles. The summed E-state index contributed by atoms with van der Waals surface area (Å²) in [6.45, 7) is 3.32. The van der Waals surface area contributed by atoms with E-state index >= 15 is 0 Å². The van der Waals surface area contributed by atoms with Crippen molar-refractivity contribution in [3.8, 4) is 0 Å². The van der Waals surface area contributed by atoms with Gasteiger partial charge in [-0.3, -0.25) is 4.72 Å². The zero-order chi connectivity index (χ0) is 11.5. The quantitative estimate of drug-likeness (QED) is 0.864. The third-order valence-electron chi connectivity index (χ3n) is 2.01. The molecule has 3 nitrogen and oxygen atoms in total. The number of hydrogen-bond donors (Lipinski definition) is 1. The van der Waals surface area contributed by atoms with Crippen LogP contribution >= 0.6 is 0 Å². The molecule has 1 aromatic carbocycles. The fourth-order valence-electron chi connectivity index (χ4n) is 1.21. The van der Waals surface area contributed by atoms with Gasteiger partial charge in [0, 0.05) is 5.56 Å². The molecule has 15 heavy (non-hydrogen) atoms. The molecular formula is C10H14FNO2S. The fourth-order valence-corrected chi connectivity index (χ4v) is 2.40. The topological polar surface area (TPSA) is 46.2 Å². The van der Waals surface area contributed by atoms with E-state index in [2.05, 4.69) is 4.72 Å². The molecule has 0 unspecified atom stereocenters. The molecular weight excluding hydrogens is 217 g/mol. The Labute approximate surface area is 89.4 Å². The predicted octanol–water partition coefficient (Wildman–Crippen LogP) is 2.29. The van der Waals surface area contributed by atoms with Crippen LogP contribution in [0.5, 0.6) is 0 Å². The lowest BCUT2D eigenvalue weighted by Crippen LogP contribution is -2.17. The van der Waals surface area contributed by atoms with Gasteiger partial charge < -0.3 is 0 Å². The van der Waals surface area contributed by atoms with Crippen LogP contribution in [0.3, 0.4) is 0 Å². The van der Waals surface area contributed by atoms with E-state index in [4.69, 9.17) is 0 Å². The normalized spacial score (nSPS) is 11.4. The lowest BCUT2D eigenvalue weighted by Gasteiger charge is -2.09. The summed E-state index contributed by atoms with van der Waals surface area (Å²) in [5.41, 5.74) is 0.626. The van der Waals surface area contributed by atoms with Crippen LogP contribution in [0.1, 0.15) is 18.9 Å². The monoisotopic (exact) mass is 231 g/mol. The van der Waals surface area contributed by atoms with Crippen LogP contribution in [0.4, 0.5) is 10.1 Å². The van der Waals surface area contributed by atoms with Gasteiger partial charge in [0.2, 0.25) is 10.0 Å². The highest BCUT2D eigenvalue weighted by Crippen LogP contribution is 2.18. The summed E-state index contributed by atoms with van der Waals surface area (Å²) in [5.74, 6) is -0.366. The van der Waals surface area contributed by atoms with E-state index in [1.807, 2.05) is 0 Å². The van der Waals surface area contributed by atoms with Crippen molar-refractivity contribution >= 4 is 15.7 Å². The summed E-state index contributed by atoms with van der Waals surface area (Å²) >= 11 is 0. The summed E-state index contributed by atoms with van der Waals surface area (Å²) in [4.78, 5) is 0. The van der Waals surface area contributed by atoms with Gasteiger partial charge in [-0.1, -0.05) is 13.0 Å². The second-order valence-corrected chi connectivity index (χ2v) is 5.18. The van der Waals surface area contributed by atoms with Gasteiger partial charge in [-0.05, 0) is 25.5 Å². The minimum absolute atomic E-state index is 0.0446. The molecule has 0 aromatic heterocycles. The van der Waals surface area contributed by atoms with E-state index in [1.54, 1.807) is 19.9 Å². The van der Waals surface area contributed by atoms with Gasteiger partial charge in [0.1, 0.15) is 5.82 Å². The number of hydrogen-bond acceptors (Lipinski definition) is 2. The molecule has 1 aromatic rings. The Morgan fingerprint density at radius 1 is 1.40 bits per heavy atom. The molecule has 0 amide bonds. The predicted molar refractivity (Wildman–Crippen MR) is 58.8 cm³/mol. The van der Waals surface area contributed by atoms with Crippen molar-refractivity contribution in [2.45, 2.75) is 20.3 Å². The van der Waals surface area contributed by atoms with Gasteiger partial charge in [0.25, 0.3) is 0 Å². The molecule has 0 heterocycles. The minimum Gasteiger partial charge on any atom is -0.283 e. The van der Waals surface area contributed by atoms with Gasteiger partial charge in [0.05, 0.1) is 11.4 Å². The lowest BCUT2D eigenvalue weighted by molar-refractivity contribution is 0.599.